The quantitative estimate of drug-likeness (QED) is 0.706. The van der Waals surface area contributed by atoms with Crippen LogP contribution in [0.3, 0.4) is 0 Å². The highest BCUT2D eigenvalue weighted by Gasteiger charge is 2.36. The van der Waals surface area contributed by atoms with Crippen molar-refractivity contribution < 1.29 is 17.9 Å². The fourth-order valence-electron chi connectivity index (χ4n) is 4.71. The Morgan fingerprint density at radius 2 is 1.81 bits per heavy atom. The first-order valence-electron chi connectivity index (χ1n) is 10.6. The molecule has 9 nitrogen and oxygen atoms in total. The number of morpholine rings is 1. The minimum atomic E-state index is -3.58. The molecule has 1 saturated heterocycles. The number of anilines is 1. The number of sulfonamides is 1. The lowest BCUT2D eigenvalue weighted by molar-refractivity contribution is -0.116. The highest BCUT2D eigenvalue weighted by molar-refractivity contribution is 7.89. The van der Waals surface area contributed by atoms with Crippen LogP contribution in [0.15, 0.2) is 40.4 Å². The predicted octanol–water partition coefficient (Wildman–Crippen LogP) is 2.12. The van der Waals surface area contributed by atoms with Gasteiger partial charge in [-0.3, -0.25) is 4.79 Å². The number of ether oxygens (including phenoxy) is 1. The second-order valence-corrected chi connectivity index (χ2v) is 10.3. The van der Waals surface area contributed by atoms with E-state index in [0.29, 0.717) is 44.1 Å². The van der Waals surface area contributed by atoms with E-state index in [9.17, 15) is 18.1 Å². The molecule has 1 unspecified atom stereocenters. The molecule has 5 rings (SSSR count). The highest BCUT2D eigenvalue weighted by Crippen LogP contribution is 2.44. The second-order valence-electron chi connectivity index (χ2n) is 8.37. The van der Waals surface area contributed by atoms with Crippen LogP contribution in [0.4, 0.5) is 5.69 Å². The summed E-state index contributed by atoms with van der Waals surface area (Å²) in [5.41, 5.74) is 5.13. The van der Waals surface area contributed by atoms with Crippen LogP contribution in [0.25, 0.3) is 11.1 Å². The molecule has 1 amide bonds. The van der Waals surface area contributed by atoms with Gasteiger partial charge in [0, 0.05) is 31.7 Å². The van der Waals surface area contributed by atoms with Crippen LogP contribution >= 0.6 is 0 Å². The van der Waals surface area contributed by atoms with Crippen LogP contribution < -0.4 is 5.32 Å². The SMILES string of the molecule is CN1CCc2c(c(-c3ccc(S(=O)(=O)N4CCOCC4)cc3)cc3c2NC(=O)C3N=O)C1. The molecular weight excluding hydrogens is 432 g/mol. The summed E-state index contributed by atoms with van der Waals surface area (Å²) in [4.78, 5) is 26.1. The average molecular weight is 457 g/mol. The number of nitrogens with one attached hydrogen (secondary N) is 1. The van der Waals surface area contributed by atoms with Crippen molar-refractivity contribution in [3.05, 3.63) is 51.9 Å². The summed E-state index contributed by atoms with van der Waals surface area (Å²) in [5.74, 6) is -0.403. The maximum absolute atomic E-state index is 13.0. The molecule has 1 fully saturated rings. The third-order valence-corrected chi connectivity index (χ3v) is 8.33. The maximum atomic E-state index is 13.0. The monoisotopic (exact) mass is 456 g/mol. The van der Waals surface area contributed by atoms with Crippen LogP contribution in [0.1, 0.15) is 22.7 Å². The molecule has 10 heteroatoms. The summed E-state index contributed by atoms with van der Waals surface area (Å²) < 4.78 is 32.6. The Labute approximate surface area is 186 Å². The minimum absolute atomic E-state index is 0.236. The Kier molecular flexibility index (Phi) is 5.32. The van der Waals surface area contributed by atoms with E-state index in [1.807, 2.05) is 13.1 Å². The fraction of sp³-hybridized carbons (Fsp3) is 0.409. The van der Waals surface area contributed by atoms with E-state index in [1.54, 1.807) is 24.3 Å². The van der Waals surface area contributed by atoms with E-state index in [0.717, 1.165) is 35.2 Å². The third kappa shape index (κ3) is 3.43. The molecule has 2 aromatic carbocycles. The molecule has 0 bridgehead atoms. The Morgan fingerprint density at radius 1 is 1.09 bits per heavy atom. The number of carbonyl (C=O) groups is 1. The first kappa shape index (κ1) is 21.2. The number of rotatable bonds is 4. The molecule has 32 heavy (non-hydrogen) atoms. The van der Waals surface area contributed by atoms with Crippen molar-refractivity contribution >= 4 is 21.6 Å². The van der Waals surface area contributed by atoms with Gasteiger partial charge in [0.05, 0.1) is 23.8 Å². The van der Waals surface area contributed by atoms with Crippen LogP contribution in [-0.4, -0.2) is 63.4 Å². The predicted molar refractivity (Wildman–Crippen MR) is 119 cm³/mol. The zero-order chi connectivity index (χ0) is 22.5. The van der Waals surface area contributed by atoms with Crippen molar-refractivity contribution in [2.24, 2.45) is 5.18 Å². The Bertz CT molecular complexity index is 1190. The Hall–Kier alpha value is -2.66. The number of amides is 1. The van der Waals surface area contributed by atoms with Crippen LogP contribution in [0, 0.1) is 4.91 Å². The van der Waals surface area contributed by atoms with Crippen molar-refractivity contribution in [1.82, 2.24) is 9.21 Å². The average Bonchev–Trinajstić information content (AvgIpc) is 3.14. The van der Waals surface area contributed by atoms with E-state index in [2.05, 4.69) is 15.4 Å². The standard InChI is InChI=1S/C22H24N4O5S/c1-25-7-6-16-19(13-25)17(12-18-20(16)23-22(27)21(18)24-28)14-2-4-15(5-3-14)32(29,30)26-8-10-31-11-9-26/h2-5,12,21H,6-11,13H2,1H3,(H,23,27). The van der Waals surface area contributed by atoms with Gasteiger partial charge in [-0.05, 0) is 53.9 Å². The van der Waals surface area contributed by atoms with Crippen molar-refractivity contribution in [2.45, 2.75) is 23.9 Å². The zero-order valence-electron chi connectivity index (χ0n) is 17.7. The zero-order valence-corrected chi connectivity index (χ0v) is 18.5. The largest absolute Gasteiger partial charge is 0.379 e. The van der Waals surface area contributed by atoms with Gasteiger partial charge in [-0.25, -0.2) is 8.42 Å². The molecule has 2 aromatic rings. The van der Waals surface area contributed by atoms with Gasteiger partial charge in [-0.1, -0.05) is 17.3 Å². The normalized spacial score (nSPS) is 21.7. The molecule has 3 aliphatic heterocycles. The summed E-state index contributed by atoms with van der Waals surface area (Å²) in [7, 11) is -1.55. The Balaban J connectivity index is 1.57. The maximum Gasteiger partial charge on any atom is 0.257 e. The number of carbonyl (C=O) groups excluding carboxylic acids is 1. The molecule has 168 valence electrons. The van der Waals surface area contributed by atoms with Gasteiger partial charge in [0.1, 0.15) is 0 Å². The van der Waals surface area contributed by atoms with Gasteiger partial charge in [0.2, 0.25) is 10.0 Å². The number of hydrogen-bond acceptors (Lipinski definition) is 7. The molecule has 1 atom stereocenters. The van der Waals surface area contributed by atoms with Crippen molar-refractivity contribution in [2.75, 3.05) is 45.2 Å². The third-order valence-electron chi connectivity index (χ3n) is 6.42. The molecule has 0 aliphatic carbocycles. The number of fused-ring (bicyclic) bond motifs is 3. The molecule has 0 saturated carbocycles. The lowest BCUT2D eigenvalue weighted by atomic mass is 9.87. The first-order valence-corrected chi connectivity index (χ1v) is 12.0. The second kappa shape index (κ2) is 8.04. The van der Waals surface area contributed by atoms with E-state index in [-0.39, 0.29) is 4.90 Å². The van der Waals surface area contributed by atoms with E-state index in [1.165, 1.54) is 4.31 Å². The van der Waals surface area contributed by atoms with E-state index < -0.39 is 22.0 Å². The van der Waals surface area contributed by atoms with Crippen molar-refractivity contribution in [3.63, 3.8) is 0 Å². The summed E-state index contributed by atoms with van der Waals surface area (Å²) in [6.45, 7) is 3.01. The molecule has 1 N–H and O–H groups in total. The molecular formula is C22H24N4O5S. The number of likely N-dealkylation sites (N-methyl/N-ethyl adjacent to an activating group) is 1. The van der Waals surface area contributed by atoms with Crippen LogP contribution in [0.2, 0.25) is 0 Å². The van der Waals surface area contributed by atoms with Gasteiger partial charge in [-0.15, -0.1) is 4.91 Å². The van der Waals surface area contributed by atoms with E-state index >= 15 is 0 Å². The van der Waals surface area contributed by atoms with E-state index in [4.69, 9.17) is 4.74 Å². The minimum Gasteiger partial charge on any atom is -0.379 e. The molecule has 0 spiro atoms. The number of nitrogens with zero attached hydrogens (tertiary/aromatic N) is 3. The van der Waals surface area contributed by atoms with Crippen molar-refractivity contribution in [1.29, 1.82) is 0 Å². The number of benzene rings is 2. The lowest BCUT2D eigenvalue weighted by Crippen LogP contribution is -2.40. The van der Waals surface area contributed by atoms with Gasteiger partial charge in [-0.2, -0.15) is 4.31 Å². The van der Waals surface area contributed by atoms with Crippen LogP contribution in [-0.2, 0) is 32.5 Å². The molecule has 0 radical (unpaired) electrons. The lowest BCUT2D eigenvalue weighted by Gasteiger charge is -2.29. The molecule has 3 aliphatic rings. The number of hydrogen-bond donors (Lipinski definition) is 1. The summed E-state index contributed by atoms with van der Waals surface area (Å²) in [6.07, 6.45) is 0.747. The van der Waals surface area contributed by atoms with Crippen molar-refractivity contribution in [3.8, 4) is 11.1 Å². The van der Waals surface area contributed by atoms with Crippen LogP contribution in [0.5, 0.6) is 0 Å². The molecule has 3 heterocycles. The fourth-order valence-corrected chi connectivity index (χ4v) is 6.12. The highest BCUT2D eigenvalue weighted by atomic mass is 32.2. The van der Waals surface area contributed by atoms with Gasteiger partial charge in [0.15, 0.2) is 6.04 Å². The van der Waals surface area contributed by atoms with Gasteiger partial charge >= 0.3 is 0 Å². The van der Waals surface area contributed by atoms with Gasteiger partial charge in [0.25, 0.3) is 5.91 Å². The first-order chi connectivity index (χ1) is 15.4. The summed E-state index contributed by atoms with van der Waals surface area (Å²) >= 11 is 0. The summed E-state index contributed by atoms with van der Waals surface area (Å²) in [6, 6.07) is 7.60. The van der Waals surface area contributed by atoms with Gasteiger partial charge < -0.3 is 15.0 Å². The Morgan fingerprint density at radius 3 is 2.50 bits per heavy atom. The number of nitroso groups, excluding NO2 is 1. The molecule has 0 aromatic heterocycles. The smallest absolute Gasteiger partial charge is 0.257 e. The summed E-state index contributed by atoms with van der Waals surface area (Å²) in [5, 5.41) is 5.88. The topological polar surface area (TPSA) is 108 Å².